The Morgan fingerprint density at radius 1 is 1.18 bits per heavy atom. The number of aliphatic hydroxyl groups excluding tert-OH is 2. The van der Waals surface area contributed by atoms with E-state index in [1.54, 1.807) is 0 Å². The molecule has 1 aliphatic rings. The van der Waals surface area contributed by atoms with Crippen LogP contribution in [0.15, 0.2) is 0 Å². The van der Waals surface area contributed by atoms with Gasteiger partial charge in [0.2, 0.25) is 0 Å². The summed E-state index contributed by atoms with van der Waals surface area (Å²) in [4.78, 5) is 2.09. The lowest BCUT2D eigenvalue weighted by Crippen LogP contribution is -2.47. The molecule has 0 unspecified atom stereocenters. The van der Waals surface area contributed by atoms with Crippen molar-refractivity contribution in [2.75, 3.05) is 20.3 Å². The second-order valence-corrected chi connectivity index (χ2v) is 3.27. The van der Waals surface area contributed by atoms with E-state index >= 15 is 0 Å². The van der Waals surface area contributed by atoms with Crippen LogP contribution in [0.3, 0.4) is 0 Å². The van der Waals surface area contributed by atoms with E-state index in [-0.39, 0.29) is 25.3 Å². The van der Waals surface area contributed by atoms with Crippen LogP contribution in [-0.2, 0) is 0 Å². The zero-order valence-electron chi connectivity index (χ0n) is 7.03. The summed E-state index contributed by atoms with van der Waals surface area (Å²) in [6, 6.07) is 0.529. The molecule has 1 fully saturated rings. The average molecular weight is 159 g/mol. The second-order valence-electron chi connectivity index (χ2n) is 3.27. The normalized spacial score (nSPS) is 34.1. The van der Waals surface area contributed by atoms with Crippen molar-refractivity contribution < 1.29 is 10.2 Å². The molecule has 2 atom stereocenters. The Bertz CT molecular complexity index is 107. The van der Waals surface area contributed by atoms with Gasteiger partial charge in [-0.15, -0.1) is 0 Å². The van der Waals surface area contributed by atoms with E-state index in [1.165, 1.54) is 0 Å². The summed E-state index contributed by atoms with van der Waals surface area (Å²) in [5, 5.41) is 17.9. The highest BCUT2D eigenvalue weighted by Gasteiger charge is 2.25. The molecule has 11 heavy (non-hydrogen) atoms. The van der Waals surface area contributed by atoms with E-state index in [4.69, 9.17) is 10.2 Å². The predicted octanol–water partition coefficient (Wildman–Crippen LogP) is -0.176. The van der Waals surface area contributed by atoms with Gasteiger partial charge in [-0.05, 0) is 19.9 Å². The van der Waals surface area contributed by atoms with Crippen LogP contribution >= 0.6 is 0 Å². The van der Waals surface area contributed by atoms with Crippen molar-refractivity contribution >= 4 is 0 Å². The van der Waals surface area contributed by atoms with Crippen molar-refractivity contribution in [1.29, 1.82) is 0 Å². The van der Waals surface area contributed by atoms with Gasteiger partial charge >= 0.3 is 0 Å². The van der Waals surface area contributed by atoms with E-state index in [0.29, 0.717) is 0 Å². The summed E-state index contributed by atoms with van der Waals surface area (Å²) in [6.45, 7) is 0.431. The van der Waals surface area contributed by atoms with E-state index in [0.717, 1.165) is 19.3 Å². The maximum absolute atomic E-state index is 8.95. The Balaban J connectivity index is 2.45. The van der Waals surface area contributed by atoms with Gasteiger partial charge in [-0.3, -0.25) is 4.90 Å². The van der Waals surface area contributed by atoms with E-state index < -0.39 is 0 Å². The first-order chi connectivity index (χ1) is 5.29. The molecule has 0 aliphatic carbocycles. The largest absolute Gasteiger partial charge is 0.395 e. The fourth-order valence-corrected chi connectivity index (χ4v) is 1.73. The van der Waals surface area contributed by atoms with Gasteiger partial charge in [0.15, 0.2) is 0 Å². The van der Waals surface area contributed by atoms with E-state index in [2.05, 4.69) is 4.90 Å². The monoisotopic (exact) mass is 159 g/mol. The summed E-state index contributed by atoms with van der Waals surface area (Å²) in [5.41, 5.74) is 0. The van der Waals surface area contributed by atoms with Crippen molar-refractivity contribution in [3.05, 3.63) is 0 Å². The lowest BCUT2D eigenvalue weighted by Gasteiger charge is -2.37. The molecule has 2 N–H and O–H groups in total. The van der Waals surface area contributed by atoms with E-state index in [1.807, 2.05) is 7.05 Å². The molecule has 0 spiro atoms. The summed E-state index contributed by atoms with van der Waals surface area (Å²) >= 11 is 0. The van der Waals surface area contributed by atoms with Gasteiger partial charge in [-0.2, -0.15) is 0 Å². The molecule has 0 saturated carbocycles. The maximum Gasteiger partial charge on any atom is 0.0586 e. The lowest BCUT2D eigenvalue weighted by atomic mass is 9.97. The minimum absolute atomic E-state index is 0.215. The molecular formula is C8H17NO2. The highest BCUT2D eigenvalue weighted by atomic mass is 16.3. The molecule has 1 heterocycles. The van der Waals surface area contributed by atoms with Crippen LogP contribution < -0.4 is 0 Å². The van der Waals surface area contributed by atoms with E-state index in [9.17, 15) is 0 Å². The fourth-order valence-electron chi connectivity index (χ4n) is 1.73. The number of nitrogens with zero attached hydrogens (tertiary/aromatic N) is 1. The van der Waals surface area contributed by atoms with Crippen LogP contribution in [0.25, 0.3) is 0 Å². The predicted molar refractivity (Wildman–Crippen MR) is 43.4 cm³/mol. The standard InChI is InChI=1S/C8H17NO2/c1-9-7(5-10)3-2-4-8(9)6-11/h7-8,10-11H,2-6H2,1H3/t7-,8+. The minimum Gasteiger partial charge on any atom is -0.395 e. The molecule has 0 amide bonds. The molecule has 66 valence electrons. The van der Waals surface area contributed by atoms with Crippen LogP contribution in [0.1, 0.15) is 19.3 Å². The molecule has 0 radical (unpaired) electrons. The topological polar surface area (TPSA) is 43.7 Å². The first kappa shape index (κ1) is 8.97. The first-order valence-corrected chi connectivity index (χ1v) is 4.23. The van der Waals surface area contributed by atoms with Crippen molar-refractivity contribution in [3.8, 4) is 0 Å². The van der Waals surface area contributed by atoms with Gasteiger partial charge in [0, 0.05) is 12.1 Å². The molecule has 1 saturated heterocycles. The van der Waals surface area contributed by atoms with Gasteiger partial charge in [-0.1, -0.05) is 6.42 Å². The Kier molecular flexibility index (Phi) is 3.30. The number of hydrogen-bond donors (Lipinski definition) is 2. The van der Waals surface area contributed by atoms with Crippen molar-refractivity contribution in [1.82, 2.24) is 4.90 Å². The Labute approximate surface area is 67.6 Å². The third kappa shape index (κ3) is 1.92. The molecule has 1 aliphatic heterocycles. The summed E-state index contributed by atoms with van der Waals surface area (Å²) in [6.07, 6.45) is 3.24. The average Bonchev–Trinajstić information content (AvgIpc) is 2.05. The molecule has 0 aromatic rings. The fraction of sp³-hybridized carbons (Fsp3) is 1.00. The van der Waals surface area contributed by atoms with Crippen molar-refractivity contribution in [2.45, 2.75) is 31.3 Å². The summed E-state index contributed by atoms with van der Waals surface area (Å²) in [7, 11) is 1.97. The highest BCUT2D eigenvalue weighted by Crippen LogP contribution is 2.20. The molecule has 3 nitrogen and oxygen atoms in total. The minimum atomic E-state index is 0.215. The zero-order valence-corrected chi connectivity index (χ0v) is 7.03. The number of rotatable bonds is 2. The number of hydrogen-bond acceptors (Lipinski definition) is 3. The van der Waals surface area contributed by atoms with Gasteiger partial charge in [0.1, 0.15) is 0 Å². The third-order valence-electron chi connectivity index (χ3n) is 2.65. The molecule has 1 rings (SSSR count). The van der Waals surface area contributed by atoms with Gasteiger partial charge < -0.3 is 10.2 Å². The molecular weight excluding hydrogens is 142 g/mol. The van der Waals surface area contributed by atoms with Gasteiger partial charge in [-0.25, -0.2) is 0 Å². The number of piperidine rings is 1. The number of aliphatic hydroxyl groups is 2. The Morgan fingerprint density at radius 2 is 1.64 bits per heavy atom. The Hall–Kier alpha value is -0.120. The van der Waals surface area contributed by atoms with Crippen LogP contribution in [-0.4, -0.2) is 47.5 Å². The van der Waals surface area contributed by atoms with Crippen molar-refractivity contribution in [2.24, 2.45) is 0 Å². The molecule has 3 heteroatoms. The molecule has 0 aromatic heterocycles. The second kappa shape index (κ2) is 4.04. The van der Waals surface area contributed by atoms with Crippen molar-refractivity contribution in [3.63, 3.8) is 0 Å². The van der Waals surface area contributed by atoms with Crippen LogP contribution in [0.4, 0.5) is 0 Å². The first-order valence-electron chi connectivity index (χ1n) is 4.23. The maximum atomic E-state index is 8.95. The Morgan fingerprint density at radius 3 is 2.00 bits per heavy atom. The summed E-state index contributed by atoms with van der Waals surface area (Å²) < 4.78 is 0. The zero-order chi connectivity index (χ0) is 8.27. The van der Waals surface area contributed by atoms with Crippen LogP contribution in [0, 0.1) is 0 Å². The lowest BCUT2D eigenvalue weighted by molar-refractivity contribution is 0.0389. The highest BCUT2D eigenvalue weighted by molar-refractivity contribution is 4.80. The van der Waals surface area contributed by atoms with Crippen LogP contribution in [0.5, 0.6) is 0 Å². The number of likely N-dealkylation sites (N-methyl/N-ethyl adjacent to an activating group) is 1. The molecule has 0 aromatic carbocycles. The molecule has 0 bridgehead atoms. The van der Waals surface area contributed by atoms with Crippen LogP contribution in [0.2, 0.25) is 0 Å². The van der Waals surface area contributed by atoms with Gasteiger partial charge in [0.25, 0.3) is 0 Å². The third-order valence-corrected chi connectivity index (χ3v) is 2.65. The van der Waals surface area contributed by atoms with Gasteiger partial charge in [0.05, 0.1) is 13.2 Å². The SMILES string of the molecule is CN1[C@H](CO)CCC[C@@H]1CO. The smallest absolute Gasteiger partial charge is 0.0586 e. The quantitative estimate of drug-likeness (QED) is 0.587. The summed E-state index contributed by atoms with van der Waals surface area (Å²) in [5.74, 6) is 0. The number of likely N-dealkylation sites (tertiary alicyclic amines) is 1.